The number of ether oxygens (including phenoxy) is 1. The monoisotopic (exact) mass is 424 g/mol. The molecule has 4 heterocycles. The van der Waals surface area contributed by atoms with Crippen LogP contribution < -0.4 is 10.2 Å². The lowest BCUT2D eigenvalue weighted by molar-refractivity contribution is -0.136. The molecule has 162 valence electrons. The molecular weight excluding hydrogens is 400 g/mol. The van der Waals surface area contributed by atoms with Gasteiger partial charge in [0, 0.05) is 32.0 Å². The fourth-order valence-corrected chi connectivity index (χ4v) is 3.75. The zero-order chi connectivity index (χ0) is 21.8. The number of hydrogen-bond donors (Lipinski definition) is 1. The van der Waals surface area contributed by atoms with Crippen molar-refractivity contribution < 1.29 is 14.3 Å². The van der Waals surface area contributed by atoms with Crippen LogP contribution in [0.3, 0.4) is 0 Å². The fourth-order valence-electron chi connectivity index (χ4n) is 3.75. The molecule has 0 spiro atoms. The van der Waals surface area contributed by atoms with Crippen LogP contribution >= 0.6 is 0 Å². The first-order valence-electron chi connectivity index (χ1n) is 10.3. The summed E-state index contributed by atoms with van der Waals surface area (Å²) in [4.78, 5) is 37.0. The highest BCUT2D eigenvalue weighted by Crippen LogP contribution is 2.36. The first-order chi connectivity index (χ1) is 15.0. The van der Waals surface area contributed by atoms with E-state index in [9.17, 15) is 14.9 Å². The predicted octanol–water partition coefficient (Wildman–Crippen LogP) is 0.932. The number of nitrogens with one attached hydrogen (secondary N) is 1. The van der Waals surface area contributed by atoms with E-state index in [1.165, 1.54) is 4.90 Å². The molecule has 0 aliphatic carbocycles. The quantitative estimate of drug-likeness (QED) is 0.725. The van der Waals surface area contributed by atoms with Crippen molar-refractivity contribution in [3.05, 3.63) is 24.7 Å². The minimum Gasteiger partial charge on any atom is -0.378 e. The second-order valence-corrected chi connectivity index (χ2v) is 7.54. The zero-order valence-corrected chi connectivity index (χ0v) is 17.3. The first kappa shape index (κ1) is 20.7. The summed E-state index contributed by atoms with van der Waals surface area (Å²) in [7, 11) is 0. The smallest absolute Gasteiger partial charge is 0.248 e. The third kappa shape index (κ3) is 4.20. The number of nitriles is 1. The number of morpholine rings is 1. The Kier molecular flexibility index (Phi) is 5.81. The lowest BCUT2D eigenvalue weighted by Crippen LogP contribution is -2.42. The number of nitrogens with zero attached hydrogens (tertiary/aromatic N) is 7. The molecule has 0 unspecified atom stereocenters. The SMILES string of the molecule is CC[C@]1(C#N)CCN(c2ccnc(Nc3cnn(CC(=O)N4CCOCC4)c3)n2)C1=O. The molecule has 4 rings (SSSR count). The Morgan fingerprint density at radius 3 is 2.87 bits per heavy atom. The number of carbonyl (C=O) groups excluding carboxylic acids is 2. The summed E-state index contributed by atoms with van der Waals surface area (Å²) in [6.07, 6.45) is 5.80. The van der Waals surface area contributed by atoms with Gasteiger partial charge in [0.2, 0.25) is 17.8 Å². The number of amides is 2. The maximum absolute atomic E-state index is 12.8. The molecule has 2 amide bonds. The zero-order valence-electron chi connectivity index (χ0n) is 17.3. The van der Waals surface area contributed by atoms with Crippen molar-refractivity contribution in [2.24, 2.45) is 5.41 Å². The van der Waals surface area contributed by atoms with Gasteiger partial charge in [-0.1, -0.05) is 6.92 Å². The molecule has 31 heavy (non-hydrogen) atoms. The van der Waals surface area contributed by atoms with Crippen molar-refractivity contribution in [1.29, 1.82) is 5.26 Å². The molecule has 2 aliphatic rings. The average molecular weight is 424 g/mol. The largest absolute Gasteiger partial charge is 0.378 e. The molecule has 1 N–H and O–H groups in total. The van der Waals surface area contributed by atoms with Crippen molar-refractivity contribution in [3.8, 4) is 6.07 Å². The minimum atomic E-state index is -0.979. The van der Waals surface area contributed by atoms with Crippen molar-refractivity contribution in [1.82, 2.24) is 24.6 Å². The Morgan fingerprint density at radius 2 is 2.16 bits per heavy atom. The van der Waals surface area contributed by atoms with Gasteiger partial charge in [-0.15, -0.1) is 0 Å². The lowest BCUT2D eigenvalue weighted by atomic mass is 9.85. The maximum atomic E-state index is 12.8. The molecule has 0 aromatic carbocycles. The fraction of sp³-hybridized carbons (Fsp3) is 0.500. The molecular formula is C20H24N8O3. The van der Waals surface area contributed by atoms with Crippen LogP contribution in [0.2, 0.25) is 0 Å². The van der Waals surface area contributed by atoms with E-state index in [2.05, 4.69) is 26.5 Å². The van der Waals surface area contributed by atoms with E-state index in [1.54, 1.807) is 34.2 Å². The van der Waals surface area contributed by atoms with Gasteiger partial charge in [0.1, 0.15) is 17.8 Å². The van der Waals surface area contributed by atoms with Crippen molar-refractivity contribution in [2.45, 2.75) is 26.3 Å². The summed E-state index contributed by atoms with van der Waals surface area (Å²) >= 11 is 0. The van der Waals surface area contributed by atoms with Crippen LogP contribution in [0.1, 0.15) is 19.8 Å². The van der Waals surface area contributed by atoms with E-state index in [4.69, 9.17) is 4.74 Å². The standard InChI is InChI=1S/C20H24N8O3/c1-2-20(14-21)4-6-28(18(20)30)16-3-5-22-19(25-16)24-15-11-23-27(12-15)13-17(29)26-7-9-31-10-8-26/h3,5,11-12H,2,4,6-10,13H2,1H3,(H,22,24,25)/t20-/m1/s1. The van der Waals surface area contributed by atoms with Gasteiger partial charge in [-0.3, -0.25) is 19.2 Å². The van der Waals surface area contributed by atoms with Gasteiger partial charge in [-0.05, 0) is 18.9 Å². The molecule has 11 heteroatoms. The molecule has 2 saturated heterocycles. The molecule has 1 atom stereocenters. The second kappa shape index (κ2) is 8.69. The molecule has 2 aromatic rings. The van der Waals surface area contributed by atoms with Crippen LogP contribution in [0.25, 0.3) is 0 Å². The van der Waals surface area contributed by atoms with Gasteiger partial charge in [-0.2, -0.15) is 15.3 Å². The Bertz CT molecular complexity index is 1010. The normalized spacial score (nSPS) is 21.2. The van der Waals surface area contributed by atoms with Gasteiger partial charge in [0.25, 0.3) is 0 Å². The van der Waals surface area contributed by atoms with Crippen LogP contribution in [-0.4, -0.2) is 69.3 Å². The number of hydrogen-bond acceptors (Lipinski definition) is 8. The van der Waals surface area contributed by atoms with Crippen LogP contribution in [0, 0.1) is 16.7 Å². The summed E-state index contributed by atoms with van der Waals surface area (Å²) < 4.78 is 6.82. The molecule has 0 radical (unpaired) electrons. The van der Waals surface area contributed by atoms with E-state index >= 15 is 0 Å². The molecule has 2 fully saturated rings. The predicted molar refractivity (Wildman–Crippen MR) is 110 cm³/mol. The highest BCUT2D eigenvalue weighted by Gasteiger charge is 2.46. The van der Waals surface area contributed by atoms with Crippen LogP contribution in [0.4, 0.5) is 17.5 Å². The molecule has 11 nitrogen and oxygen atoms in total. The Balaban J connectivity index is 1.41. The summed E-state index contributed by atoms with van der Waals surface area (Å²) in [5.41, 5.74) is -0.355. The van der Waals surface area contributed by atoms with E-state index in [0.29, 0.717) is 63.1 Å². The Hall–Kier alpha value is -3.52. The van der Waals surface area contributed by atoms with Crippen LogP contribution in [0.5, 0.6) is 0 Å². The third-order valence-electron chi connectivity index (χ3n) is 5.70. The third-order valence-corrected chi connectivity index (χ3v) is 5.70. The topological polar surface area (TPSA) is 129 Å². The minimum absolute atomic E-state index is 0.0133. The summed E-state index contributed by atoms with van der Waals surface area (Å²) in [6, 6.07) is 3.82. The van der Waals surface area contributed by atoms with E-state index < -0.39 is 5.41 Å². The van der Waals surface area contributed by atoms with Gasteiger partial charge in [0.15, 0.2) is 0 Å². The Labute approximate surface area is 179 Å². The highest BCUT2D eigenvalue weighted by molar-refractivity contribution is 6.01. The van der Waals surface area contributed by atoms with Crippen LogP contribution in [-0.2, 0) is 20.9 Å². The van der Waals surface area contributed by atoms with Gasteiger partial charge in [0.05, 0.1) is 31.2 Å². The van der Waals surface area contributed by atoms with Crippen molar-refractivity contribution in [2.75, 3.05) is 43.1 Å². The molecule has 0 saturated carbocycles. The second-order valence-electron chi connectivity index (χ2n) is 7.54. The number of carbonyl (C=O) groups is 2. The summed E-state index contributed by atoms with van der Waals surface area (Å²) in [5.74, 6) is 0.510. The summed E-state index contributed by atoms with van der Waals surface area (Å²) in [5, 5.41) is 16.7. The lowest BCUT2D eigenvalue weighted by Gasteiger charge is -2.26. The molecule has 2 aliphatic heterocycles. The van der Waals surface area contributed by atoms with Gasteiger partial charge in [-0.25, -0.2) is 4.98 Å². The van der Waals surface area contributed by atoms with Gasteiger partial charge < -0.3 is 15.0 Å². The molecule has 2 aromatic heterocycles. The molecule has 0 bridgehead atoms. The number of anilines is 3. The average Bonchev–Trinajstić information content (AvgIpc) is 3.38. The van der Waals surface area contributed by atoms with Crippen molar-refractivity contribution in [3.63, 3.8) is 0 Å². The van der Waals surface area contributed by atoms with Crippen molar-refractivity contribution >= 4 is 29.3 Å². The highest BCUT2D eigenvalue weighted by atomic mass is 16.5. The first-order valence-corrected chi connectivity index (χ1v) is 10.3. The van der Waals surface area contributed by atoms with E-state index in [1.807, 2.05) is 6.92 Å². The summed E-state index contributed by atoms with van der Waals surface area (Å²) in [6.45, 7) is 4.71. The van der Waals surface area contributed by atoms with E-state index in [-0.39, 0.29) is 18.4 Å². The number of aromatic nitrogens is 4. The van der Waals surface area contributed by atoms with Crippen LogP contribution in [0.15, 0.2) is 24.7 Å². The number of rotatable bonds is 6. The van der Waals surface area contributed by atoms with Gasteiger partial charge >= 0.3 is 0 Å². The Morgan fingerprint density at radius 1 is 1.35 bits per heavy atom. The maximum Gasteiger partial charge on any atom is 0.248 e. The van der Waals surface area contributed by atoms with E-state index in [0.717, 1.165) is 0 Å².